The molecule has 2 atom stereocenters. The molecule has 1 aromatic carbocycles. The number of amides is 2. The van der Waals surface area contributed by atoms with Gasteiger partial charge in [-0.2, -0.15) is 0 Å². The maximum absolute atomic E-state index is 13.0. The molecule has 0 aliphatic rings. The van der Waals surface area contributed by atoms with Gasteiger partial charge in [-0.25, -0.2) is 13.2 Å². The monoisotopic (exact) mass is 384 g/mol. The van der Waals surface area contributed by atoms with Gasteiger partial charge in [0.25, 0.3) is 0 Å². The number of nitrogens with one attached hydrogen (secondary N) is 2. The molecule has 0 spiro atoms. The molecule has 0 aliphatic carbocycles. The Morgan fingerprint density at radius 3 is 2.48 bits per heavy atom. The van der Waals surface area contributed by atoms with Crippen molar-refractivity contribution >= 4 is 27.5 Å². The Hall–Kier alpha value is -1.99. The zero-order chi connectivity index (χ0) is 18.4. The second kappa shape index (κ2) is 8.40. The first kappa shape index (κ1) is 19.3. The molecule has 136 valence electrons. The number of benzene rings is 1. The molecular weight excluding hydrogens is 364 g/mol. The smallest absolute Gasteiger partial charge is 0.315 e. The molecule has 2 N–H and O–H groups in total. The Bertz CT molecular complexity index is 789. The highest BCUT2D eigenvalue weighted by Crippen LogP contribution is 2.29. The van der Waals surface area contributed by atoms with E-state index in [9.17, 15) is 13.2 Å². The van der Waals surface area contributed by atoms with Gasteiger partial charge in [-0.1, -0.05) is 18.5 Å². The van der Waals surface area contributed by atoms with E-state index in [0.29, 0.717) is 5.02 Å². The Balaban J connectivity index is 2.22. The van der Waals surface area contributed by atoms with E-state index in [1.54, 1.807) is 12.1 Å². The molecule has 0 bridgehead atoms. The molecule has 0 saturated heterocycles. The van der Waals surface area contributed by atoms with Crippen molar-refractivity contribution in [2.45, 2.75) is 36.5 Å². The van der Waals surface area contributed by atoms with E-state index < -0.39 is 21.1 Å². The highest BCUT2D eigenvalue weighted by atomic mass is 35.5. The second-order valence-electron chi connectivity index (χ2n) is 5.67. The van der Waals surface area contributed by atoms with E-state index in [1.807, 2.05) is 13.8 Å². The zero-order valence-corrected chi connectivity index (χ0v) is 15.6. The van der Waals surface area contributed by atoms with Gasteiger partial charge < -0.3 is 15.1 Å². The lowest BCUT2D eigenvalue weighted by molar-refractivity contribution is 0.237. The number of rotatable bonds is 7. The van der Waals surface area contributed by atoms with Crippen LogP contribution in [0, 0.1) is 0 Å². The molecule has 8 heteroatoms. The number of halogens is 1. The first-order valence-electron chi connectivity index (χ1n) is 7.91. The van der Waals surface area contributed by atoms with Gasteiger partial charge in [-0.05, 0) is 49.7 Å². The Morgan fingerprint density at radius 2 is 1.92 bits per heavy atom. The van der Waals surface area contributed by atoms with Crippen molar-refractivity contribution in [1.82, 2.24) is 10.6 Å². The molecule has 0 aliphatic heterocycles. The van der Waals surface area contributed by atoms with Crippen molar-refractivity contribution in [1.29, 1.82) is 0 Å². The summed E-state index contributed by atoms with van der Waals surface area (Å²) in [7, 11) is -3.77. The number of carbonyl (C=O) groups is 1. The van der Waals surface area contributed by atoms with Gasteiger partial charge in [0.1, 0.15) is 11.0 Å². The summed E-state index contributed by atoms with van der Waals surface area (Å²) in [5.41, 5.74) is 0. The van der Waals surface area contributed by atoms with Crippen LogP contribution in [0.25, 0.3) is 0 Å². The lowest BCUT2D eigenvalue weighted by atomic mass is 10.3. The summed E-state index contributed by atoms with van der Waals surface area (Å²) >= 11 is 5.83. The van der Waals surface area contributed by atoms with Crippen LogP contribution in [0.1, 0.15) is 31.3 Å². The van der Waals surface area contributed by atoms with Crippen LogP contribution in [-0.2, 0) is 9.84 Å². The minimum atomic E-state index is -3.77. The second-order valence-corrected chi connectivity index (χ2v) is 8.23. The predicted octanol–water partition coefficient (Wildman–Crippen LogP) is 3.55. The Kier molecular flexibility index (Phi) is 6.50. The molecule has 2 aromatic rings. The van der Waals surface area contributed by atoms with Crippen molar-refractivity contribution in [3.05, 3.63) is 53.4 Å². The van der Waals surface area contributed by atoms with Crippen LogP contribution in [0.15, 0.2) is 52.0 Å². The molecule has 0 saturated carbocycles. The lowest BCUT2D eigenvalue weighted by Crippen LogP contribution is -2.42. The van der Waals surface area contributed by atoms with E-state index in [2.05, 4.69) is 10.6 Å². The number of hydrogen-bond acceptors (Lipinski definition) is 4. The first-order chi connectivity index (χ1) is 11.8. The average molecular weight is 385 g/mol. The SMILES string of the molecule is CCC(C)NC(=O)NCC(c1ccco1)S(=O)(=O)c1ccc(Cl)cc1. The number of urea groups is 1. The van der Waals surface area contributed by atoms with E-state index in [-0.39, 0.29) is 23.2 Å². The van der Waals surface area contributed by atoms with E-state index in [4.69, 9.17) is 16.0 Å². The standard InChI is InChI=1S/C17H21ClN2O4S/c1-3-12(2)20-17(21)19-11-16(15-5-4-10-24-15)25(22,23)14-8-6-13(18)7-9-14/h4-10,12,16H,3,11H2,1-2H3,(H2,19,20,21). The topological polar surface area (TPSA) is 88.4 Å². The fourth-order valence-electron chi connectivity index (χ4n) is 2.19. The van der Waals surface area contributed by atoms with Gasteiger partial charge in [0.2, 0.25) is 0 Å². The van der Waals surface area contributed by atoms with Crippen LogP contribution in [0.3, 0.4) is 0 Å². The molecule has 1 aromatic heterocycles. The summed E-state index contributed by atoms with van der Waals surface area (Å²) in [6, 6.07) is 8.66. The van der Waals surface area contributed by atoms with Gasteiger partial charge in [0.15, 0.2) is 9.84 Å². The number of carbonyl (C=O) groups excluding carboxylic acids is 1. The highest BCUT2D eigenvalue weighted by molar-refractivity contribution is 7.91. The quantitative estimate of drug-likeness (QED) is 0.764. The summed E-state index contributed by atoms with van der Waals surface area (Å²) in [5.74, 6) is 0.263. The Labute approximate surface area is 152 Å². The Morgan fingerprint density at radius 1 is 1.24 bits per heavy atom. The summed E-state index contributed by atoms with van der Waals surface area (Å²) < 4.78 is 31.2. The molecule has 2 unspecified atom stereocenters. The van der Waals surface area contributed by atoms with Gasteiger partial charge in [0.05, 0.1) is 11.2 Å². The summed E-state index contributed by atoms with van der Waals surface area (Å²) in [4.78, 5) is 12.0. The van der Waals surface area contributed by atoms with Gasteiger partial charge in [-0.3, -0.25) is 0 Å². The van der Waals surface area contributed by atoms with Gasteiger partial charge in [-0.15, -0.1) is 0 Å². The summed E-state index contributed by atoms with van der Waals surface area (Å²) in [6.45, 7) is 3.70. The van der Waals surface area contributed by atoms with Gasteiger partial charge in [0, 0.05) is 17.6 Å². The molecule has 2 amide bonds. The molecule has 2 rings (SSSR count). The number of hydrogen-bond donors (Lipinski definition) is 2. The summed E-state index contributed by atoms with van der Waals surface area (Å²) in [5, 5.41) is 4.75. The predicted molar refractivity (Wildman–Crippen MR) is 96.4 cm³/mol. The van der Waals surface area contributed by atoms with Crippen LogP contribution in [-0.4, -0.2) is 27.0 Å². The average Bonchev–Trinajstić information content (AvgIpc) is 3.09. The maximum atomic E-state index is 13.0. The normalized spacial score (nSPS) is 13.9. The highest BCUT2D eigenvalue weighted by Gasteiger charge is 2.31. The van der Waals surface area contributed by atoms with Crippen molar-refractivity contribution < 1.29 is 17.6 Å². The van der Waals surface area contributed by atoms with Crippen molar-refractivity contribution in [3.63, 3.8) is 0 Å². The largest absolute Gasteiger partial charge is 0.468 e. The van der Waals surface area contributed by atoms with Gasteiger partial charge >= 0.3 is 6.03 Å². The van der Waals surface area contributed by atoms with Crippen LogP contribution in [0.4, 0.5) is 4.79 Å². The lowest BCUT2D eigenvalue weighted by Gasteiger charge is -2.18. The van der Waals surface area contributed by atoms with Crippen LogP contribution in [0.5, 0.6) is 0 Å². The number of sulfone groups is 1. The first-order valence-corrected chi connectivity index (χ1v) is 9.84. The van der Waals surface area contributed by atoms with Crippen molar-refractivity contribution in [3.8, 4) is 0 Å². The third-order valence-corrected chi connectivity index (χ3v) is 6.14. The minimum Gasteiger partial charge on any atom is -0.468 e. The molecule has 0 fully saturated rings. The van der Waals surface area contributed by atoms with E-state index in [0.717, 1.165) is 6.42 Å². The molecule has 25 heavy (non-hydrogen) atoms. The maximum Gasteiger partial charge on any atom is 0.315 e. The molecular formula is C17H21ClN2O4S. The minimum absolute atomic E-state index is 0.00469. The van der Waals surface area contributed by atoms with Crippen molar-refractivity contribution in [2.24, 2.45) is 0 Å². The fourth-order valence-corrected chi connectivity index (χ4v) is 3.90. The van der Waals surface area contributed by atoms with E-state index in [1.165, 1.54) is 30.5 Å². The van der Waals surface area contributed by atoms with E-state index >= 15 is 0 Å². The molecule has 0 radical (unpaired) electrons. The number of furan rings is 1. The summed E-state index contributed by atoms with van der Waals surface area (Å²) in [6.07, 6.45) is 2.18. The van der Waals surface area contributed by atoms with Crippen molar-refractivity contribution in [2.75, 3.05) is 6.54 Å². The molecule has 1 heterocycles. The third-order valence-electron chi connectivity index (χ3n) is 3.82. The van der Waals surface area contributed by atoms with Crippen LogP contribution in [0.2, 0.25) is 5.02 Å². The van der Waals surface area contributed by atoms with Crippen LogP contribution >= 0.6 is 11.6 Å². The fraction of sp³-hybridized carbons (Fsp3) is 0.353. The molecule has 6 nitrogen and oxygen atoms in total. The third kappa shape index (κ3) is 4.99. The zero-order valence-electron chi connectivity index (χ0n) is 14.0. The van der Waals surface area contributed by atoms with Crippen LogP contribution < -0.4 is 10.6 Å².